The highest BCUT2D eigenvalue weighted by Crippen LogP contribution is 2.26. The Kier molecular flexibility index (Phi) is 3.45. The molecule has 1 rings (SSSR count). The zero-order valence-electron chi connectivity index (χ0n) is 8.65. The summed E-state index contributed by atoms with van der Waals surface area (Å²) >= 11 is 0. The molecule has 0 aliphatic heterocycles. The van der Waals surface area contributed by atoms with Crippen molar-refractivity contribution in [3.63, 3.8) is 0 Å². The molecule has 8 heteroatoms. The lowest BCUT2D eigenvalue weighted by atomic mass is 10.1. The van der Waals surface area contributed by atoms with E-state index in [-0.39, 0.29) is 10.3 Å². The van der Waals surface area contributed by atoms with Crippen LogP contribution in [0.2, 0.25) is 0 Å². The zero-order valence-corrected chi connectivity index (χ0v) is 8.65. The minimum Gasteiger partial charge on any atom is -0.530 e. The minimum absolute atomic E-state index is 0.0945. The summed E-state index contributed by atoms with van der Waals surface area (Å²) in [4.78, 5) is 10.2. The van der Waals surface area contributed by atoms with Gasteiger partial charge in [-0.05, 0) is 13.0 Å². The Balaban J connectivity index is 3.00. The number of nitrogens with zero attached hydrogens (tertiary/aromatic N) is 1. The van der Waals surface area contributed by atoms with Crippen molar-refractivity contribution in [3.8, 4) is 0 Å². The number of pyridine rings is 1. The first-order valence-electron chi connectivity index (χ1n) is 4.51. The Hall–Kier alpha value is -1.99. The number of alkyl halides is 3. The van der Waals surface area contributed by atoms with Crippen molar-refractivity contribution in [2.75, 3.05) is 0 Å². The average molecular weight is 250 g/mol. The van der Waals surface area contributed by atoms with E-state index in [0.29, 0.717) is 6.07 Å². The Morgan fingerprint density at radius 1 is 1.53 bits per heavy atom. The van der Waals surface area contributed by atoms with E-state index in [9.17, 15) is 23.1 Å². The van der Waals surface area contributed by atoms with Crippen LogP contribution in [0.1, 0.15) is 24.2 Å². The number of carbonyl (C=O) groups excluding carboxylic acids is 1. The van der Waals surface area contributed by atoms with Gasteiger partial charge in [-0.2, -0.15) is 13.2 Å². The molecule has 94 valence electrons. The number of aromatic nitrogens is 1. The van der Waals surface area contributed by atoms with Gasteiger partial charge in [0.1, 0.15) is 6.09 Å². The fourth-order valence-corrected chi connectivity index (χ4v) is 1.25. The van der Waals surface area contributed by atoms with E-state index in [0.717, 1.165) is 12.3 Å². The van der Waals surface area contributed by atoms with Gasteiger partial charge in [-0.25, -0.2) is 0 Å². The first-order valence-corrected chi connectivity index (χ1v) is 4.51. The van der Waals surface area contributed by atoms with Crippen molar-refractivity contribution < 1.29 is 33.0 Å². The molecular weight excluding hydrogens is 241 g/mol. The number of amides is 1. The number of carboxylic acid groups (broad SMARTS) is 1. The van der Waals surface area contributed by atoms with Gasteiger partial charge in [0.05, 0.1) is 6.04 Å². The van der Waals surface area contributed by atoms with Crippen LogP contribution in [0.15, 0.2) is 18.3 Å². The van der Waals surface area contributed by atoms with Crippen LogP contribution in [0.5, 0.6) is 0 Å². The number of halogens is 3. The van der Waals surface area contributed by atoms with Crippen LogP contribution in [0.25, 0.3) is 0 Å². The predicted octanol–water partition coefficient (Wildman–Crippen LogP) is 0.224. The molecule has 0 aromatic carbocycles. The largest absolute Gasteiger partial charge is 0.530 e. The van der Waals surface area contributed by atoms with Crippen LogP contribution >= 0.6 is 0 Å². The van der Waals surface area contributed by atoms with E-state index in [1.165, 1.54) is 6.92 Å². The van der Waals surface area contributed by atoms with Crippen LogP contribution in [0.3, 0.4) is 0 Å². The molecule has 1 atom stereocenters. The first-order chi connectivity index (χ1) is 7.71. The minimum atomic E-state index is -4.68. The summed E-state index contributed by atoms with van der Waals surface area (Å²) in [6.07, 6.45) is -5.45. The van der Waals surface area contributed by atoms with Crippen LogP contribution < -0.4 is 15.2 Å². The smallest absolute Gasteiger partial charge is 0.482 e. The summed E-state index contributed by atoms with van der Waals surface area (Å²) in [5.41, 5.74) is -1.08. The van der Waals surface area contributed by atoms with Gasteiger partial charge < -0.3 is 15.2 Å². The average Bonchev–Trinajstić information content (AvgIpc) is 2.14. The van der Waals surface area contributed by atoms with Gasteiger partial charge in [0, 0.05) is 16.4 Å². The quantitative estimate of drug-likeness (QED) is 0.582. The molecule has 0 aliphatic rings. The van der Waals surface area contributed by atoms with E-state index in [1.54, 1.807) is 0 Å². The van der Waals surface area contributed by atoms with Gasteiger partial charge in [-0.3, -0.25) is 5.21 Å². The van der Waals surface area contributed by atoms with Crippen molar-refractivity contribution in [1.82, 2.24) is 5.32 Å². The number of hydrogen-bond acceptors (Lipinski definition) is 3. The summed E-state index contributed by atoms with van der Waals surface area (Å²) in [7, 11) is 0. The third kappa shape index (κ3) is 3.23. The van der Waals surface area contributed by atoms with E-state index in [4.69, 9.17) is 5.21 Å². The first kappa shape index (κ1) is 13.1. The Labute approximate surface area is 94.1 Å². The topological polar surface area (TPSA) is 76.3 Å². The third-order valence-corrected chi connectivity index (χ3v) is 2.08. The molecule has 1 aromatic rings. The summed E-state index contributed by atoms with van der Waals surface area (Å²) in [6, 6.07) is 0.930. The Morgan fingerprint density at radius 3 is 2.53 bits per heavy atom. The number of carbonyl (C=O) groups is 1. The molecule has 0 unspecified atom stereocenters. The van der Waals surface area contributed by atoms with Crippen molar-refractivity contribution in [2.24, 2.45) is 0 Å². The van der Waals surface area contributed by atoms with Gasteiger partial charge in [-0.15, -0.1) is 0 Å². The lowest BCUT2D eigenvalue weighted by Gasteiger charge is -2.14. The molecular formula is C9H9F3N2O3. The number of nitrogens with one attached hydrogen (secondary N) is 1. The number of rotatable bonds is 2. The SMILES string of the molecule is C[C@@H](NC(=O)[O-])c1ccc(C(F)(F)F)[n+](O)c1. The molecule has 5 nitrogen and oxygen atoms in total. The highest BCUT2D eigenvalue weighted by Gasteiger charge is 2.42. The summed E-state index contributed by atoms with van der Waals surface area (Å²) in [5.74, 6) is 0. The molecule has 0 saturated heterocycles. The van der Waals surface area contributed by atoms with E-state index in [1.807, 2.05) is 5.32 Å². The monoisotopic (exact) mass is 250 g/mol. The normalized spacial score (nSPS) is 13.2. The number of hydrogen-bond donors (Lipinski definition) is 2. The second kappa shape index (κ2) is 4.48. The van der Waals surface area contributed by atoms with Crippen molar-refractivity contribution >= 4 is 6.09 Å². The molecule has 0 aliphatic carbocycles. The van der Waals surface area contributed by atoms with E-state index >= 15 is 0 Å². The summed E-state index contributed by atoms with van der Waals surface area (Å²) in [5, 5.41) is 21.3. The van der Waals surface area contributed by atoms with Crippen LogP contribution in [0.4, 0.5) is 18.0 Å². The molecule has 0 radical (unpaired) electrons. The lowest BCUT2D eigenvalue weighted by molar-refractivity contribution is -0.915. The molecule has 17 heavy (non-hydrogen) atoms. The predicted molar refractivity (Wildman–Crippen MR) is 45.8 cm³/mol. The summed E-state index contributed by atoms with van der Waals surface area (Å²) < 4.78 is 36.8. The van der Waals surface area contributed by atoms with Gasteiger partial charge in [0.2, 0.25) is 6.20 Å². The molecule has 0 spiro atoms. The molecule has 1 amide bonds. The second-order valence-corrected chi connectivity index (χ2v) is 3.34. The maximum absolute atomic E-state index is 12.3. The summed E-state index contributed by atoms with van der Waals surface area (Å²) in [6.45, 7) is 1.40. The lowest BCUT2D eigenvalue weighted by Crippen LogP contribution is -2.42. The van der Waals surface area contributed by atoms with Crippen molar-refractivity contribution in [2.45, 2.75) is 19.1 Å². The maximum Gasteiger partial charge on any atom is 0.482 e. The molecule has 1 heterocycles. The van der Waals surface area contributed by atoms with Crippen molar-refractivity contribution in [3.05, 3.63) is 29.6 Å². The van der Waals surface area contributed by atoms with E-state index < -0.39 is 24.0 Å². The fourth-order valence-electron chi connectivity index (χ4n) is 1.25. The van der Waals surface area contributed by atoms with Crippen LogP contribution in [0, 0.1) is 0 Å². The van der Waals surface area contributed by atoms with Gasteiger partial charge >= 0.3 is 11.9 Å². The zero-order chi connectivity index (χ0) is 13.2. The highest BCUT2D eigenvalue weighted by atomic mass is 19.4. The van der Waals surface area contributed by atoms with E-state index in [2.05, 4.69) is 0 Å². The van der Waals surface area contributed by atoms with Crippen LogP contribution in [-0.2, 0) is 6.18 Å². The highest BCUT2D eigenvalue weighted by molar-refractivity contribution is 5.62. The second-order valence-electron chi connectivity index (χ2n) is 3.34. The molecule has 1 aromatic heterocycles. The fraction of sp³-hybridized carbons (Fsp3) is 0.333. The van der Waals surface area contributed by atoms with Crippen molar-refractivity contribution in [1.29, 1.82) is 0 Å². The standard InChI is InChI=1S/C9H9F3N2O3/c1-5(13-8(15)16)6-2-3-7(9(10,11)12)14(17)4-6/h2-5,13H,1H3,(H-,15,16,17)/t5-/m1/s1. The van der Waals surface area contributed by atoms with Gasteiger partial charge in [0.15, 0.2) is 0 Å². The van der Waals surface area contributed by atoms with Gasteiger partial charge in [0.25, 0.3) is 0 Å². The maximum atomic E-state index is 12.3. The third-order valence-electron chi connectivity index (χ3n) is 2.08. The van der Waals surface area contributed by atoms with Crippen LogP contribution in [-0.4, -0.2) is 11.3 Å². The molecule has 0 saturated carbocycles. The Bertz CT molecular complexity index is 434. The Morgan fingerprint density at radius 2 is 2.12 bits per heavy atom. The van der Waals surface area contributed by atoms with Gasteiger partial charge in [-0.1, -0.05) is 0 Å². The molecule has 0 fully saturated rings. The molecule has 0 bridgehead atoms. The molecule has 2 N–H and O–H groups in total.